The van der Waals surface area contributed by atoms with Crippen molar-refractivity contribution in [2.45, 2.75) is 19.7 Å². The Hall–Kier alpha value is -5.14. The van der Waals surface area contributed by atoms with E-state index in [0.29, 0.717) is 22.6 Å². The molecular formula is C25H19F3N6O5. The largest absolute Gasteiger partial charge is 0.482 e. The number of rotatable bonds is 8. The lowest BCUT2D eigenvalue weighted by Gasteiger charge is -2.18. The van der Waals surface area contributed by atoms with E-state index in [1.165, 1.54) is 30.3 Å². The van der Waals surface area contributed by atoms with Crippen LogP contribution in [0.15, 0.2) is 54.7 Å². The summed E-state index contributed by atoms with van der Waals surface area (Å²) in [6.07, 6.45) is 0.867. The molecule has 0 bridgehead atoms. The molecule has 3 heterocycles. The lowest BCUT2D eigenvalue weighted by atomic mass is 10.1. The van der Waals surface area contributed by atoms with Crippen LogP contribution in [0.1, 0.15) is 32.1 Å². The zero-order valence-corrected chi connectivity index (χ0v) is 19.9. The van der Waals surface area contributed by atoms with Crippen LogP contribution in [0.3, 0.4) is 0 Å². The number of hydrogen-bond donors (Lipinski definition) is 3. The van der Waals surface area contributed by atoms with Crippen LogP contribution in [-0.2, 0) is 17.9 Å². The first-order valence-electron chi connectivity index (χ1n) is 11.5. The molecule has 39 heavy (non-hydrogen) atoms. The van der Waals surface area contributed by atoms with Gasteiger partial charge in [0.15, 0.2) is 18.1 Å². The Morgan fingerprint density at radius 1 is 1.05 bits per heavy atom. The Labute approximate surface area is 217 Å². The number of carbonyl (C=O) groups excluding carboxylic acids is 3. The predicted molar refractivity (Wildman–Crippen MR) is 129 cm³/mol. The van der Waals surface area contributed by atoms with Crippen LogP contribution in [0.5, 0.6) is 11.5 Å². The van der Waals surface area contributed by atoms with Gasteiger partial charge in [0.25, 0.3) is 17.7 Å². The number of hydrogen-bond acceptors (Lipinski definition) is 7. The Kier molecular flexibility index (Phi) is 6.99. The summed E-state index contributed by atoms with van der Waals surface area (Å²) in [6.45, 7) is -2.99. The van der Waals surface area contributed by atoms with Gasteiger partial charge in [0.05, 0.1) is 11.9 Å². The van der Waals surface area contributed by atoms with E-state index in [4.69, 9.17) is 4.74 Å². The number of benzene rings is 2. The molecule has 0 radical (unpaired) electrons. The number of fused-ring (bicyclic) bond motifs is 2. The molecule has 0 saturated carbocycles. The Balaban J connectivity index is 1.30. The maximum absolute atomic E-state index is 14.3. The van der Waals surface area contributed by atoms with Gasteiger partial charge < -0.3 is 25.4 Å². The molecular weight excluding hydrogens is 521 g/mol. The normalized spacial score (nSPS) is 12.5. The lowest BCUT2D eigenvalue weighted by molar-refractivity contribution is -0.118. The van der Waals surface area contributed by atoms with Crippen molar-refractivity contribution in [1.82, 2.24) is 25.2 Å². The van der Waals surface area contributed by atoms with Crippen LogP contribution in [-0.4, -0.2) is 45.5 Å². The molecule has 0 spiro atoms. The second-order valence-corrected chi connectivity index (χ2v) is 8.31. The minimum Gasteiger partial charge on any atom is -0.482 e. The molecule has 14 heteroatoms. The highest BCUT2D eigenvalue weighted by Crippen LogP contribution is 2.28. The molecule has 11 nitrogen and oxygen atoms in total. The van der Waals surface area contributed by atoms with E-state index in [2.05, 4.69) is 30.8 Å². The van der Waals surface area contributed by atoms with Gasteiger partial charge in [-0.25, -0.2) is 13.9 Å². The van der Waals surface area contributed by atoms with Crippen molar-refractivity contribution in [2.24, 2.45) is 0 Å². The van der Waals surface area contributed by atoms with Gasteiger partial charge in [-0.05, 0) is 35.4 Å². The summed E-state index contributed by atoms with van der Waals surface area (Å²) in [5.41, 5.74) is 0.985. The first-order chi connectivity index (χ1) is 18.8. The molecule has 1 aliphatic rings. The zero-order chi connectivity index (χ0) is 27.5. The number of alkyl halides is 2. The third-order valence-corrected chi connectivity index (χ3v) is 5.63. The summed E-state index contributed by atoms with van der Waals surface area (Å²) in [7, 11) is 0. The fraction of sp³-hybridized carbons (Fsp3) is 0.160. The van der Waals surface area contributed by atoms with Crippen LogP contribution in [0.4, 0.5) is 18.9 Å². The molecule has 0 saturated heterocycles. The summed E-state index contributed by atoms with van der Waals surface area (Å²) >= 11 is 0. The van der Waals surface area contributed by atoms with Gasteiger partial charge in [0.2, 0.25) is 0 Å². The maximum atomic E-state index is 14.3. The third kappa shape index (κ3) is 5.74. The molecule has 0 atom stereocenters. The molecule has 0 unspecified atom stereocenters. The van der Waals surface area contributed by atoms with Crippen molar-refractivity contribution in [2.75, 3.05) is 11.9 Å². The first-order valence-corrected chi connectivity index (χ1v) is 11.5. The van der Waals surface area contributed by atoms with Crippen molar-refractivity contribution < 1.29 is 37.0 Å². The van der Waals surface area contributed by atoms with Crippen molar-refractivity contribution in [3.05, 3.63) is 83.1 Å². The molecule has 5 rings (SSSR count). The van der Waals surface area contributed by atoms with Gasteiger partial charge in [-0.1, -0.05) is 18.2 Å². The van der Waals surface area contributed by atoms with Gasteiger partial charge in [0.1, 0.15) is 22.9 Å². The van der Waals surface area contributed by atoms with E-state index in [0.717, 1.165) is 10.7 Å². The number of ether oxygens (including phenoxy) is 2. The second kappa shape index (κ2) is 10.7. The van der Waals surface area contributed by atoms with E-state index < -0.39 is 24.2 Å². The second-order valence-electron chi connectivity index (χ2n) is 8.31. The Morgan fingerprint density at radius 3 is 2.54 bits per heavy atom. The molecule has 1 aliphatic heterocycles. The van der Waals surface area contributed by atoms with Crippen LogP contribution < -0.4 is 25.4 Å². The number of amides is 3. The highest BCUT2D eigenvalue weighted by molar-refractivity contribution is 5.98. The summed E-state index contributed by atoms with van der Waals surface area (Å²) in [5, 5.41) is 11.8. The van der Waals surface area contributed by atoms with Crippen LogP contribution in [0.25, 0.3) is 5.65 Å². The van der Waals surface area contributed by atoms with Crippen LogP contribution in [0, 0.1) is 5.82 Å². The number of nitrogens with zero attached hydrogens (tertiary/aromatic N) is 3. The van der Waals surface area contributed by atoms with E-state index in [9.17, 15) is 27.6 Å². The summed E-state index contributed by atoms with van der Waals surface area (Å²) < 4.78 is 49.5. The molecule has 0 fully saturated rings. The molecule has 200 valence electrons. The molecule has 4 aromatic rings. The number of aromatic nitrogens is 3. The van der Waals surface area contributed by atoms with Crippen LogP contribution >= 0.6 is 0 Å². The summed E-state index contributed by atoms with van der Waals surface area (Å²) in [4.78, 5) is 41.4. The van der Waals surface area contributed by atoms with E-state index in [1.54, 1.807) is 18.2 Å². The minimum atomic E-state index is -2.96. The van der Waals surface area contributed by atoms with E-state index >= 15 is 0 Å². The van der Waals surface area contributed by atoms with Crippen molar-refractivity contribution in [3.63, 3.8) is 0 Å². The third-order valence-electron chi connectivity index (χ3n) is 5.63. The number of nitrogens with one attached hydrogen (secondary N) is 3. The van der Waals surface area contributed by atoms with Gasteiger partial charge >= 0.3 is 6.61 Å². The molecule has 3 N–H and O–H groups in total. The quantitative estimate of drug-likeness (QED) is 0.313. The fourth-order valence-corrected chi connectivity index (χ4v) is 3.79. The predicted octanol–water partition coefficient (Wildman–Crippen LogP) is 2.66. The first kappa shape index (κ1) is 25.5. The van der Waals surface area contributed by atoms with Crippen molar-refractivity contribution in [3.8, 4) is 11.5 Å². The SMILES string of the molecule is O=C1COc2ccc(CNC(=O)c3cc(C(=O)NCc4ccc(OC(F)F)cc4)n4ncc(F)c4n3)cc2N1. The molecule has 3 amide bonds. The maximum Gasteiger partial charge on any atom is 0.387 e. The van der Waals surface area contributed by atoms with E-state index in [-0.39, 0.29) is 48.4 Å². The summed E-state index contributed by atoms with van der Waals surface area (Å²) in [6, 6.07) is 11.8. The van der Waals surface area contributed by atoms with Gasteiger partial charge in [-0.2, -0.15) is 13.9 Å². The van der Waals surface area contributed by atoms with Crippen molar-refractivity contribution >= 4 is 29.1 Å². The average molecular weight is 540 g/mol. The van der Waals surface area contributed by atoms with Gasteiger partial charge in [-0.15, -0.1) is 0 Å². The lowest BCUT2D eigenvalue weighted by Crippen LogP contribution is -2.29. The van der Waals surface area contributed by atoms with Gasteiger partial charge in [0, 0.05) is 19.2 Å². The number of halogens is 3. The standard InChI is InChI=1S/C25H19F3N6O5/c26-16-11-31-34-19(24(37)30-9-13-1-4-15(5-2-13)39-25(27)28)8-18(33-22(16)34)23(36)29-10-14-3-6-20-17(7-14)32-21(35)12-38-20/h1-8,11,25H,9-10,12H2,(H,29,36)(H,30,37)(H,32,35). The van der Waals surface area contributed by atoms with E-state index in [1.807, 2.05) is 0 Å². The van der Waals surface area contributed by atoms with Crippen LogP contribution in [0.2, 0.25) is 0 Å². The molecule has 2 aromatic heterocycles. The highest BCUT2D eigenvalue weighted by atomic mass is 19.3. The summed E-state index contributed by atoms with van der Waals surface area (Å²) in [5.74, 6) is -2.03. The molecule has 0 aliphatic carbocycles. The van der Waals surface area contributed by atoms with Crippen molar-refractivity contribution in [1.29, 1.82) is 0 Å². The highest BCUT2D eigenvalue weighted by Gasteiger charge is 2.21. The van der Waals surface area contributed by atoms with Gasteiger partial charge in [-0.3, -0.25) is 14.4 Å². The fourth-order valence-electron chi connectivity index (χ4n) is 3.79. The number of carbonyl (C=O) groups is 3. The average Bonchev–Trinajstić information content (AvgIpc) is 3.30. The topological polar surface area (TPSA) is 136 Å². The monoisotopic (exact) mass is 540 g/mol. The Morgan fingerprint density at radius 2 is 1.77 bits per heavy atom. The zero-order valence-electron chi connectivity index (χ0n) is 19.9. The molecule has 2 aromatic carbocycles. The Bertz CT molecular complexity index is 1570. The number of anilines is 1. The minimum absolute atomic E-state index is 0.00146. The smallest absolute Gasteiger partial charge is 0.387 e.